The number of allylic oxidation sites excluding steroid dienone is 3. The first-order valence-corrected chi connectivity index (χ1v) is 10.9. The highest BCUT2D eigenvalue weighted by Crippen LogP contribution is 2.25. The van der Waals surface area contributed by atoms with Gasteiger partial charge in [0.25, 0.3) is 0 Å². The molecule has 5 nitrogen and oxygen atoms in total. The minimum absolute atomic E-state index is 0.106. The van der Waals surface area contributed by atoms with Crippen molar-refractivity contribution in [3.05, 3.63) is 46.4 Å². The fourth-order valence-electron chi connectivity index (χ4n) is 3.67. The molecule has 1 aromatic rings. The second-order valence-electron chi connectivity index (χ2n) is 7.66. The van der Waals surface area contributed by atoms with Gasteiger partial charge in [-0.25, -0.2) is 4.68 Å². The van der Waals surface area contributed by atoms with E-state index < -0.39 is 0 Å². The van der Waals surface area contributed by atoms with Crippen LogP contribution in [0.4, 0.5) is 0 Å². The van der Waals surface area contributed by atoms with Gasteiger partial charge in [0.05, 0.1) is 18.8 Å². The van der Waals surface area contributed by atoms with Crippen LogP contribution >= 0.6 is 0 Å². The molecular weight excluding hydrogens is 360 g/mol. The molecule has 29 heavy (non-hydrogen) atoms. The number of rotatable bonds is 10. The van der Waals surface area contributed by atoms with Gasteiger partial charge in [-0.1, -0.05) is 25.5 Å². The van der Waals surface area contributed by atoms with Crippen LogP contribution in [0.2, 0.25) is 0 Å². The first-order chi connectivity index (χ1) is 14.0. The van der Waals surface area contributed by atoms with Crippen molar-refractivity contribution in [1.82, 2.24) is 14.7 Å². The summed E-state index contributed by atoms with van der Waals surface area (Å²) in [7, 11) is 1.71. The van der Waals surface area contributed by atoms with Gasteiger partial charge >= 0.3 is 0 Å². The summed E-state index contributed by atoms with van der Waals surface area (Å²) in [6, 6.07) is 0.106. The summed E-state index contributed by atoms with van der Waals surface area (Å²) in [4.78, 5) is 7.31. The average molecular weight is 399 g/mol. The predicted octanol–water partition coefficient (Wildman–Crippen LogP) is 5.56. The van der Waals surface area contributed by atoms with Crippen molar-refractivity contribution in [3.63, 3.8) is 0 Å². The number of nitrogens with zero attached hydrogens (tertiary/aromatic N) is 4. The molecule has 0 saturated carbocycles. The van der Waals surface area contributed by atoms with Gasteiger partial charge in [0, 0.05) is 49.6 Å². The Kier molecular flexibility index (Phi) is 9.39. The Morgan fingerprint density at radius 2 is 2.03 bits per heavy atom. The normalized spacial score (nSPS) is 17.6. The van der Waals surface area contributed by atoms with Crippen LogP contribution in [-0.2, 0) is 4.74 Å². The van der Waals surface area contributed by atoms with Crippen molar-refractivity contribution < 1.29 is 4.74 Å². The third-order valence-electron chi connectivity index (χ3n) is 5.72. The number of hydrogen-bond acceptors (Lipinski definition) is 4. The Bertz CT molecular complexity index is 764. The molecule has 1 fully saturated rings. The Morgan fingerprint density at radius 1 is 1.31 bits per heavy atom. The summed E-state index contributed by atoms with van der Waals surface area (Å²) in [5, 5.41) is 4.63. The molecule has 160 valence electrons. The van der Waals surface area contributed by atoms with E-state index >= 15 is 0 Å². The van der Waals surface area contributed by atoms with Gasteiger partial charge in [-0.3, -0.25) is 4.99 Å². The molecule has 0 aromatic carbocycles. The van der Waals surface area contributed by atoms with Gasteiger partial charge in [-0.2, -0.15) is 5.10 Å². The van der Waals surface area contributed by atoms with Gasteiger partial charge in [0.15, 0.2) is 0 Å². The maximum Gasteiger partial charge on any atom is 0.0779 e. The molecule has 1 aromatic heterocycles. The summed E-state index contributed by atoms with van der Waals surface area (Å²) < 4.78 is 7.21. The molecule has 0 spiro atoms. The summed E-state index contributed by atoms with van der Waals surface area (Å²) in [6.07, 6.45) is 14.8. The van der Waals surface area contributed by atoms with E-state index in [9.17, 15) is 0 Å². The minimum Gasteiger partial charge on any atom is -0.380 e. The van der Waals surface area contributed by atoms with Gasteiger partial charge in [0.1, 0.15) is 0 Å². The fraction of sp³-hybridized carbons (Fsp3) is 0.583. The van der Waals surface area contributed by atoms with Crippen LogP contribution in [0.1, 0.15) is 70.7 Å². The Labute approximate surface area is 176 Å². The van der Waals surface area contributed by atoms with Gasteiger partial charge in [-0.05, 0) is 58.1 Å². The number of ether oxygens (including phenoxy) is 1. The predicted molar refractivity (Wildman–Crippen MR) is 123 cm³/mol. The SMILES string of the molecule is C/C=C(\C=N/C(CC)c1cnn(/C=C\C(=C(\C)CC)N2CCCC2)c1C)COC. The zero-order valence-electron chi connectivity index (χ0n) is 19.1. The number of aliphatic imine (C=N–C) groups is 1. The number of methoxy groups -OCH3 is 1. The summed E-state index contributed by atoms with van der Waals surface area (Å²) in [5.74, 6) is 0. The van der Waals surface area contributed by atoms with Crippen LogP contribution in [-0.4, -0.2) is 47.7 Å². The number of aromatic nitrogens is 2. The van der Waals surface area contributed by atoms with Gasteiger partial charge < -0.3 is 9.64 Å². The molecule has 1 unspecified atom stereocenters. The molecule has 0 N–H and O–H groups in total. The third-order valence-corrected chi connectivity index (χ3v) is 5.72. The lowest BCUT2D eigenvalue weighted by Gasteiger charge is -2.21. The Morgan fingerprint density at radius 3 is 2.62 bits per heavy atom. The zero-order chi connectivity index (χ0) is 21.2. The van der Waals surface area contributed by atoms with Gasteiger partial charge in [-0.15, -0.1) is 0 Å². The molecule has 0 aliphatic carbocycles. The topological polar surface area (TPSA) is 42.7 Å². The van der Waals surface area contributed by atoms with Crippen molar-refractivity contribution >= 4 is 12.4 Å². The molecule has 0 radical (unpaired) electrons. The van der Waals surface area contributed by atoms with Crippen LogP contribution in [0.3, 0.4) is 0 Å². The van der Waals surface area contributed by atoms with Crippen molar-refractivity contribution in [2.24, 2.45) is 4.99 Å². The van der Waals surface area contributed by atoms with Crippen LogP contribution < -0.4 is 0 Å². The fourth-order valence-corrected chi connectivity index (χ4v) is 3.67. The van der Waals surface area contributed by atoms with E-state index in [1.807, 2.05) is 30.1 Å². The molecule has 1 saturated heterocycles. The summed E-state index contributed by atoms with van der Waals surface area (Å²) in [5.41, 5.74) is 6.20. The first-order valence-electron chi connectivity index (χ1n) is 10.9. The van der Waals surface area contributed by atoms with E-state index in [1.54, 1.807) is 7.11 Å². The molecule has 0 bridgehead atoms. The molecule has 0 amide bonds. The monoisotopic (exact) mass is 398 g/mol. The molecular formula is C24H38N4O. The average Bonchev–Trinajstić information content (AvgIpc) is 3.38. The largest absolute Gasteiger partial charge is 0.380 e. The van der Waals surface area contributed by atoms with E-state index in [0.717, 1.165) is 37.2 Å². The van der Waals surface area contributed by atoms with Crippen LogP contribution in [0.15, 0.2) is 40.2 Å². The van der Waals surface area contributed by atoms with Crippen molar-refractivity contribution in [2.45, 2.75) is 66.3 Å². The highest BCUT2D eigenvalue weighted by atomic mass is 16.5. The van der Waals surface area contributed by atoms with Crippen molar-refractivity contribution in [1.29, 1.82) is 0 Å². The van der Waals surface area contributed by atoms with Crippen LogP contribution in [0.25, 0.3) is 6.20 Å². The highest BCUT2D eigenvalue weighted by molar-refractivity contribution is 5.78. The van der Waals surface area contributed by atoms with E-state index in [1.165, 1.54) is 29.7 Å². The number of hydrogen-bond donors (Lipinski definition) is 0. The maximum absolute atomic E-state index is 5.23. The zero-order valence-corrected chi connectivity index (χ0v) is 19.1. The van der Waals surface area contributed by atoms with Crippen LogP contribution in [0.5, 0.6) is 0 Å². The first kappa shape index (κ1) is 23.1. The second-order valence-corrected chi connectivity index (χ2v) is 7.66. The lowest BCUT2D eigenvalue weighted by molar-refractivity contribution is 0.230. The van der Waals surface area contributed by atoms with E-state index in [2.05, 4.69) is 50.0 Å². The summed E-state index contributed by atoms with van der Waals surface area (Å²) >= 11 is 0. The smallest absolute Gasteiger partial charge is 0.0779 e. The van der Waals surface area contributed by atoms with Gasteiger partial charge in [0.2, 0.25) is 0 Å². The quantitative estimate of drug-likeness (QED) is 0.383. The molecule has 5 heteroatoms. The highest BCUT2D eigenvalue weighted by Gasteiger charge is 2.16. The van der Waals surface area contributed by atoms with E-state index in [4.69, 9.17) is 9.73 Å². The second kappa shape index (κ2) is 11.8. The van der Waals surface area contributed by atoms with E-state index in [-0.39, 0.29) is 6.04 Å². The lowest BCUT2D eigenvalue weighted by Crippen LogP contribution is -2.18. The lowest BCUT2D eigenvalue weighted by atomic mass is 10.1. The van der Waals surface area contributed by atoms with Crippen molar-refractivity contribution in [3.8, 4) is 0 Å². The standard InChI is InChI=1S/C24H38N4O/c1-7-19(4)24(27-13-10-11-14-27)12-15-28-20(5)22(17-26-28)23(9-3)25-16-21(8-2)18-29-6/h8,12,15-17,23H,7,9-11,13-14,18H2,1-6H3/b15-12-,21-8+,24-19+,25-16-. The third kappa shape index (κ3) is 6.17. The molecule has 1 aliphatic rings. The summed E-state index contributed by atoms with van der Waals surface area (Å²) in [6.45, 7) is 13.7. The Hall–Kier alpha value is -2.14. The molecule has 2 heterocycles. The molecule has 1 aliphatic heterocycles. The molecule has 2 rings (SSSR count). The van der Waals surface area contributed by atoms with E-state index in [0.29, 0.717) is 6.61 Å². The van der Waals surface area contributed by atoms with Crippen LogP contribution in [0, 0.1) is 6.92 Å². The molecule has 1 atom stereocenters. The minimum atomic E-state index is 0.106. The maximum atomic E-state index is 5.23. The number of likely N-dealkylation sites (tertiary alicyclic amines) is 1. The Balaban J connectivity index is 2.22. The van der Waals surface area contributed by atoms with Crippen molar-refractivity contribution in [2.75, 3.05) is 26.8 Å².